The lowest BCUT2D eigenvalue weighted by atomic mass is 9.97. The molecule has 5 heteroatoms. The summed E-state index contributed by atoms with van der Waals surface area (Å²) in [5.41, 5.74) is -0.585. The zero-order valence-corrected chi connectivity index (χ0v) is 13.6. The first-order chi connectivity index (χ1) is 9.42. The van der Waals surface area contributed by atoms with Gasteiger partial charge in [0.2, 0.25) is 0 Å². The molecular weight excluding hydrogens is 256 g/mol. The SMILES string of the molecule is CCOC(=O)C(C)(CCN(C)C(C)COC)NC1CC1. The van der Waals surface area contributed by atoms with Crippen molar-refractivity contribution in [1.29, 1.82) is 0 Å². The zero-order chi connectivity index (χ0) is 15.2. The Bertz CT molecular complexity index is 307. The van der Waals surface area contributed by atoms with Crippen molar-refractivity contribution in [3.05, 3.63) is 0 Å². The summed E-state index contributed by atoms with van der Waals surface area (Å²) in [6.45, 7) is 7.89. The highest BCUT2D eigenvalue weighted by molar-refractivity contribution is 5.80. The first kappa shape index (κ1) is 17.4. The van der Waals surface area contributed by atoms with Crippen molar-refractivity contribution in [3.8, 4) is 0 Å². The maximum Gasteiger partial charge on any atom is 0.326 e. The maximum atomic E-state index is 12.2. The summed E-state index contributed by atoms with van der Waals surface area (Å²) in [6.07, 6.45) is 3.06. The molecule has 0 aromatic rings. The fraction of sp³-hybridized carbons (Fsp3) is 0.933. The van der Waals surface area contributed by atoms with Crippen LogP contribution in [0.25, 0.3) is 0 Å². The molecule has 1 aliphatic rings. The van der Waals surface area contributed by atoms with E-state index in [0.29, 0.717) is 25.3 Å². The van der Waals surface area contributed by atoms with Gasteiger partial charge in [-0.2, -0.15) is 0 Å². The molecule has 0 bridgehead atoms. The topological polar surface area (TPSA) is 50.8 Å². The van der Waals surface area contributed by atoms with Gasteiger partial charge in [-0.15, -0.1) is 0 Å². The lowest BCUT2D eigenvalue weighted by Gasteiger charge is -2.32. The molecule has 1 fully saturated rings. The summed E-state index contributed by atoms with van der Waals surface area (Å²) < 4.78 is 10.4. The predicted octanol–water partition coefficient (Wildman–Crippen LogP) is 1.42. The van der Waals surface area contributed by atoms with Crippen molar-refractivity contribution in [2.45, 2.75) is 57.7 Å². The molecule has 0 amide bonds. The summed E-state index contributed by atoms with van der Waals surface area (Å²) in [5.74, 6) is -0.139. The van der Waals surface area contributed by atoms with E-state index in [1.165, 1.54) is 0 Å². The molecule has 0 spiro atoms. The number of hydrogen-bond acceptors (Lipinski definition) is 5. The quantitative estimate of drug-likeness (QED) is 0.616. The van der Waals surface area contributed by atoms with Crippen LogP contribution < -0.4 is 5.32 Å². The van der Waals surface area contributed by atoms with E-state index in [4.69, 9.17) is 9.47 Å². The Hall–Kier alpha value is -0.650. The highest BCUT2D eigenvalue weighted by Gasteiger charge is 2.39. The normalized spacial score (nSPS) is 19.7. The van der Waals surface area contributed by atoms with Gasteiger partial charge in [-0.1, -0.05) is 0 Å². The smallest absolute Gasteiger partial charge is 0.326 e. The van der Waals surface area contributed by atoms with Gasteiger partial charge in [-0.25, -0.2) is 0 Å². The van der Waals surface area contributed by atoms with Crippen LogP contribution in [0.2, 0.25) is 0 Å². The van der Waals surface area contributed by atoms with E-state index in [1.807, 2.05) is 13.8 Å². The molecule has 118 valence electrons. The Morgan fingerprint density at radius 2 is 2.15 bits per heavy atom. The fourth-order valence-electron chi connectivity index (χ4n) is 2.19. The van der Waals surface area contributed by atoms with E-state index in [1.54, 1.807) is 7.11 Å². The van der Waals surface area contributed by atoms with Crippen LogP contribution in [-0.2, 0) is 14.3 Å². The monoisotopic (exact) mass is 286 g/mol. The number of hydrogen-bond donors (Lipinski definition) is 1. The van der Waals surface area contributed by atoms with Gasteiger partial charge in [0.15, 0.2) is 0 Å². The third-order valence-electron chi connectivity index (χ3n) is 3.95. The van der Waals surface area contributed by atoms with Crippen molar-refractivity contribution in [2.24, 2.45) is 0 Å². The average Bonchev–Trinajstić information content (AvgIpc) is 3.20. The van der Waals surface area contributed by atoms with Gasteiger partial charge in [0.1, 0.15) is 5.54 Å². The van der Waals surface area contributed by atoms with Crippen molar-refractivity contribution < 1.29 is 14.3 Å². The Labute approximate surface area is 123 Å². The molecule has 0 aromatic heterocycles. The van der Waals surface area contributed by atoms with Gasteiger partial charge in [-0.3, -0.25) is 10.1 Å². The number of likely N-dealkylation sites (N-methyl/N-ethyl adjacent to an activating group) is 1. The van der Waals surface area contributed by atoms with E-state index >= 15 is 0 Å². The van der Waals surface area contributed by atoms with Crippen LogP contribution in [0.3, 0.4) is 0 Å². The van der Waals surface area contributed by atoms with Gasteiger partial charge in [0, 0.05) is 25.7 Å². The number of carbonyl (C=O) groups excluding carboxylic acids is 1. The summed E-state index contributed by atoms with van der Waals surface area (Å²) in [6, 6.07) is 0.818. The lowest BCUT2D eigenvalue weighted by Crippen LogP contribution is -2.53. The highest BCUT2D eigenvalue weighted by Crippen LogP contribution is 2.25. The summed E-state index contributed by atoms with van der Waals surface area (Å²) in [4.78, 5) is 14.4. The number of nitrogens with zero attached hydrogens (tertiary/aromatic N) is 1. The number of rotatable bonds is 10. The number of nitrogens with one attached hydrogen (secondary N) is 1. The average molecular weight is 286 g/mol. The van der Waals surface area contributed by atoms with E-state index < -0.39 is 5.54 Å². The molecule has 1 rings (SSSR count). The van der Waals surface area contributed by atoms with Gasteiger partial charge in [0.25, 0.3) is 0 Å². The minimum Gasteiger partial charge on any atom is -0.465 e. The minimum atomic E-state index is -0.585. The third kappa shape index (κ3) is 5.38. The molecular formula is C15H30N2O3. The molecule has 2 atom stereocenters. The zero-order valence-electron chi connectivity index (χ0n) is 13.6. The second-order valence-electron chi connectivity index (χ2n) is 6.01. The van der Waals surface area contributed by atoms with Crippen LogP contribution in [0.15, 0.2) is 0 Å². The number of methoxy groups -OCH3 is 1. The van der Waals surface area contributed by atoms with Gasteiger partial charge < -0.3 is 14.4 Å². The predicted molar refractivity (Wildman–Crippen MR) is 79.8 cm³/mol. The molecule has 0 aromatic carbocycles. The molecule has 1 aliphatic carbocycles. The molecule has 1 N–H and O–H groups in total. The van der Waals surface area contributed by atoms with Crippen LogP contribution in [0.4, 0.5) is 0 Å². The maximum absolute atomic E-state index is 12.2. The van der Waals surface area contributed by atoms with E-state index in [-0.39, 0.29) is 5.97 Å². The Morgan fingerprint density at radius 1 is 1.50 bits per heavy atom. The molecule has 0 saturated heterocycles. The van der Waals surface area contributed by atoms with Crippen LogP contribution in [-0.4, -0.2) is 62.4 Å². The second-order valence-corrected chi connectivity index (χ2v) is 6.01. The van der Waals surface area contributed by atoms with Crippen molar-refractivity contribution >= 4 is 5.97 Å². The number of esters is 1. The molecule has 0 radical (unpaired) electrons. The summed E-state index contributed by atoms with van der Waals surface area (Å²) >= 11 is 0. The Kier molecular flexibility index (Phi) is 6.92. The van der Waals surface area contributed by atoms with Crippen LogP contribution in [0, 0.1) is 0 Å². The van der Waals surface area contributed by atoms with Gasteiger partial charge in [0.05, 0.1) is 13.2 Å². The van der Waals surface area contributed by atoms with Crippen molar-refractivity contribution in [3.63, 3.8) is 0 Å². The third-order valence-corrected chi connectivity index (χ3v) is 3.95. The highest BCUT2D eigenvalue weighted by atomic mass is 16.5. The summed E-state index contributed by atoms with van der Waals surface area (Å²) in [7, 11) is 3.77. The molecule has 1 saturated carbocycles. The molecule has 0 heterocycles. The van der Waals surface area contributed by atoms with Crippen LogP contribution in [0.1, 0.15) is 40.0 Å². The van der Waals surface area contributed by atoms with Crippen molar-refractivity contribution in [2.75, 3.05) is 33.9 Å². The van der Waals surface area contributed by atoms with Gasteiger partial charge in [-0.05, 0) is 47.1 Å². The van der Waals surface area contributed by atoms with Crippen LogP contribution in [0.5, 0.6) is 0 Å². The fourth-order valence-corrected chi connectivity index (χ4v) is 2.19. The van der Waals surface area contributed by atoms with Crippen molar-refractivity contribution in [1.82, 2.24) is 10.2 Å². The van der Waals surface area contributed by atoms with E-state index in [0.717, 1.165) is 25.8 Å². The molecule has 20 heavy (non-hydrogen) atoms. The van der Waals surface area contributed by atoms with E-state index in [2.05, 4.69) is 24.2 Å². The summed E-state index contributed by atoms with van der Waals surface area (Å²) in [5, 5.41) is 3.45. The molecule has 0 aliphatic heterocycles. The number of ether oxygens (including phenoxy) is 2. The lowest BCUT2D eigenvalue weighted by molar-refractivity contribution is -0.151. The molecule has 2 unspecified atom stereocenters. The standard InChI is InChI=1S/C15H30N2O3/c1-6-20-14(18)15(3,16-13-7-8-13)9-10-17(4)12(2)11-19-5/h12-13,16H,6-11H2,1-5H3. The number of carbonyl (C=O) groups is 1. The molecule has 5 nitrogen and oxygen atoms in total. The first-order valence-corrected chi connectivity index (χ1v) is 7.57. The second kappa shape index (κ2) is 7.96. The Balaban J connectivity index is 2.53. The van der Waals surface area contributed by atoms with Crippen LogP contribution >= 0.6 is 0 Å². The van der Waals surface area contributed by atoms with E-state index in [9.17, 15) is 4.79 Å². The van der Waals surface area contributed by atoms with Gasteiger partial charge >= 0.3 is 5.97 Å². The Morgan fingerprint density at radius 3 is 2.65 bits per heavy atom. The largest absolute Gasteiger partial charge is 0.465 e. The minimum absolute atomic E-state index is 0.139. The first-order valence-electron chi connectivity index (χ1n) is 7.57.